The molecular formula is C24H27N. The maximum Gasteiger partial charge on any atom is 0.0326 e. The van der Waals surface area contributed by atoms with Gasteiger partial charge in [0, 0.05) is 5.69 Å². The van der Waals surface area contributed by atoms with Gasteiger partial charge in [0.2, 0.25) is 0 Å². The molecule has 0 amide bonds. The first kappa shape index (κ1) is 16.2. The van der Waals surface area contributed by atoms with Gasteiger partial charge in [-0.15, -0.1) is 0 Å². The summed E-state index contributed by atoms with van der Waals surface area (Å²) in [6.45, 7) is 2.28. The first-order chi connectivity index (χ1) is 12.3. The van der Waals surface area contributed by atoms with Crippen LogP contribution >= 0.6 is 0 Å². The van der Waals surface area contributed by atoms with Crippen molar-refractivity contribution in [2.45, 2.75) is 51.9 Å². The van der Waals surface area contributed by atoms with Gasteiger partial charge in [-0.3, -0.25) is 0 Å². The lowest BCUT2D eigenvalue weighted by Crippen LogP contribution is -1.93. The molecule has 0 fully saturated rings. The van der Waals surface area contributed by atoms with Crippen molar-refractivity contribution < 1.29 is 0 Å². The molecule has 0 atom stereocenters. The van der Waals surface area contributed by atoms with E-state index in [1.54, 1.807) is 0 Å². The van der Waals surface area contributed by atoms with Crippen LogP contribution in [0, 0.1) is 0 Å². The number of unbranched alkanes of at least 4 members (excludes halogenated alkanes) is 5. The molecule has 0 unspecified atom stereocenters. The van der Waals surface area contributed by atoms with Crippen molar-refractivity contribution in [3.05, 3.63) is 54.1 Å². The van der Waals surface area contributed by atoms with E-state index in [1.165, 1.54) is 76.4 Å². The molecule has 0 saturated heterocycles. The average molecular weight is 329 g/mol. The van der Waals surface area contributed by atoms with Gasteiger partial charge in [-0.1, -0.05) is 75.4 Å². The Labute approximate surface area is 150 Å². The monoisotopic (exact) mass is 329 g/mol. The molecule has 4 aromatic carbocycles. The van der Waals surface area contributed by atoms with E-state index in [2.05, 4.69) is 55.5 Å². The standard InChI is InChI=1S/C24H27N/c1-2-3-4-5-6-7-9-18-14-20-16-21(25)15-19-13-12-17-10-8-11-22(18)24(17)23(19)20/h8,10-16H,2-7,9,25H2,1H3. The fourth-order valence-electron chi connectivity index (χ4n) is 4.25. The summed E-state index contributed by atoms with van der Waals surface area (Å²) in [5, 5.41) is 8.09. The fraction of sp³-hybridized carbons (Fsp3) is 0.333. The molecule has 0 heterocycles. The number of rotatable bonds is 7. The fourth-order valence-corrected chi connectivity index (χ4v) is 4.25. The number of hydrogen-bond donors (Lipinski definition) is 1. The van der Waals surface area contributed by atoms with Gasteiger partial charge >= 0.3 is 0 Å². The lowest BCUT2D eigenvalue weighted by atomic mass is 9.89. The number of aryl methyl sites for hydroxylation is 1. The second-order valence-electron chi connectivity index (χ2n) is 7.36. The number of benzene rings is 4. The minimum absolute atomic E-state index is 0.858. The van der Waals surface area contributed by atoms with Crippen LogP contribution in [0.15, 0.2) is 48.5 Å². The van der Waals surface area contributed by atoms with Gasteiger partial charge in [0.15, 0.2) is 0 Å². The van der Waals surface area contributed by atoms with Crippen molar-refractivity contribution in [3.8, 4) is 0 Å². The van der Waals surface area contributed by atoms with Crippen molar-refractivity contribution in [3.63, 3.8) is 0 Å². The highest BCUT2D eigenvalue weighted by atomic mass is 14.5. The van der Waals surface area contributed by atoms with Crippen LogP contribution in [-0.4, -0.2) is 0 Å². The Morgan fingerprint density at radius 2 is 1.48 bits per heavy atom. The van der Waals surface area contributed by atoms with E-state index in [0.29, 0.717) is 0 Å². The molecule has 0 aliphatic rings. The third-order valence-electron chi connectivity index (χ3n) is 5.49. The third-order valence-corrected chi connectivity index (χ3v) is 5.49. The first-order valence-corrected chi connectivity index (χ1v) is 9.74. The summed E-state index contributed by atoms with van der Waals surface area (Å²) in [5.41, 5.74) is 8.49. The van der Waals surface area contributed by atoms with Gasteiger partial charge in [0.1, 0.15) is 0 Å². The van der Waals surface area contributed by atoms with E-state index < -0.39 is 0 Å². The Morgan fingerprint density at radius 3 is 2.36 bits per heavy atom. The summed E-state index contributed by atoms with van der Waals surface area (Å²) < 4.78 is 0. The second kappa shape index (κ2) is 6.92. The van der Waals surface area contributed by atoms with Gasteiger partial charge in [0.05, 0.1) is 0 Å². The van der Waals surface area contributed by atoms with E-state index in [1.807, 2.05) is 0 Å². The minimum Gasteiger partial charge on any atom is -0.399 e. The summed E-state index contributed by atoms with van der Waals surface area (Å²) in [6.07, 6.45) is 9.21. The Kier molecular flexibility index (Phi) is 4.48. The van der Waals surface area contributed by atoms with Crippen molar-refractivity contribution in [1.82, 2.24) is 0 Å². The van der Waals surface area contributed by atoms with Crippen molar-refractivity contribution >= 4 is 38.0 Å². The molecule has 1 heteroatoms. The van der Waals surface area contributed by atoms with E-state index in [0.717, 1.165) is 12.1 Å². The Hall–Kier alpha value is -2.28. The number of nitrogens with two attached hydrogens (primary N) is 1. The molecule has 1 nitrogen and oxygen atoms in total. The van der Waals surface area contributed by atoms with Gasteiger partial charge in [-0.2, -0.15) is 0 Å². The van der Waals surface area contributed by atoms with E-state index in [9.17, 15) is 0 Å². The molecule has 2 N–H and O–H groups in total. The van der Waals surface area contributed by atoms with Crippen LogP contribution in [0.1, 0.15) is 51.0 Å². The number of hydrogen-bond acceptors (Lipinski definition) is 1. The van der Waals surface area contributed by atoms with Crippen molar-refractivity contribution in [2.75, 3.05) is 5.73 Å². The molecule has 128 valence electrons. The molecule has 0 aliphatic carbocycles. The second-order valence-corrected chi connectivity index (χ2v) is 7.36. The average Bonchev–Trinajstić information content (AvgIpc) is 2.62. The van der Waals surface area contributed by atoms with Crippen LogP contribution in [-0.2, 0) is 6.42 Å². The molecule has 4 rings (SSSR count). The van der Waals surface area contributed by atoms with Gasteiger partial charge in [-0.05, 0) is 62.9 Å². The summed E-state index contributed by atoms with van der Waals surface area (Å²) in [5.74, 6) is 0. The van der Waals surface area contributed by atoms with Crippen molar-refractivity contribution in [2.24, 2.45) is 0 Å². The van der Waals surface area contributed by atoms with Gasteiger partial charge < -0.3 is 5.73 Å². The summed E-state index contributed by atoms with van der Waals surface area (Å²) in [4.78, 5) is 0. The van der Waals surface area contributed by atoms with Crippen LogP contribution < -0.4 is 5.73 Å². The zero-order valence-electron chi connectivity index (χ0n) is 15.1. The smallest absolute Gasteiger partial charge is 0.0326 e. The first-order valence-electron chi connectivity index (χ1n) is 9.74. The molecule has 0 aromatic heterocycles. The summed E-state index contributed by atoms with van der Waals surface area (Å²) in [7, 11) is 0. The summed E-state index contributed by atoms with van der Waals surface area (Å²) >= 11 is 0. The minimum atomic E-state index is 0.858. The normalized spacial score (nSPS) is 11.9. The van der Waals surface area contributed by atoms with Crippen LogP contribution in [0.25, 0.3) is 32.3 Å². The highest BCUT2D eigenvalue weighted by Crippen LogP contribution is 2.38. The maximum atomic E-state index is 6.15. The Bertz CT molecular complexity index is 999. The van der Waals surface area contributed by atoms with Crippen LogP contribution in [0.2, 0.25) is 0 Å². The molecule has 0 spiro atoms. The van der Waals surface area contributed by atoms with Gasteiger partial charge in [-0.25, -0.2) is 0 Å². The van der Waals surface area contributed by atoms with E-state index >= 15 is 0 Å². The molecule has 4 aromatic rings. The zero-order chi connectivity index (χ0) is 17.2. The summed E-state index contributed by atoms with van der Waals surface area (Å²) in [6, 6.07) is 17.8. The van der Waals surface area contributed by atoms with E-state index in [-0.39, 0.29) is 0 Å². The molecular weight excluding hydrogens is 302 g/mol. The predicted octanol–water partition coefficient (Wildman–Crippen LogP) is 7.07. The predicted molar refractivity (Wildman–Crippen MR) is 112 cm³/mol. The lowest BCUT2D eigenvalue weighted by Gasteiger charge is -2.15. The molecule has 0 aliphatic heterocycles. The highest BCUT2D eigenvalue weighted by Gasteiger charge is 2.12. The van der Waals surface area contributed by atoms with Gasteiger partial charge in [0.25, 0.3) is 0 Å². The Morgan fingerprint density at radius 1 is 0.720 bits per heavy atom. The molecule has 0 saturated carbocycles. The topological polar surface area (TPSA) is 26.0 Å². The number of anilines is 1. The van der Waals surface area contributed by atoms with E-state index in [4.69, 9.17) is 5.73 Å². The molecule has 25 heavy (non-hydrogen) atoms. The molecule has 0 bridgehead atoms. The maximum absolute atomic E-state index is 6.15. The quantitative estimate of drug-likeness (QED) is 0.219. The lowest BCUT2D eigenvalue weighted by molar-refractivity contribution is 0.608. The SMILES string of the molecule is CCCCCCCCc1cc2cc(N)cc3ccc4cccc1c4c32. The third kappa shape index (κ3) is 3.04. The number of nitrogen functional groups attached to an aromatic ring is 1. The van der Waals surface area contributed by atoms with Crippen molar-refractivity contribution in [1.29, 1.82) is 0 Å². The van der Waals surface area contributed by atoms with Crippen LogP contribution in [0.4, 0.5) is 5.69 Å². The van der Waals surface area contributed by atoms with Crippen LogP contribution in [0.3, 0.4) is 0 Å². The highest BCUT2D eigenvalue weighted by molar-refractivity contribution is 6.24. The molecule has 0 radical (unpaired) electrons. The largest absolute Gasteiger partial charge is 0.399 e. The Balaban J connectivity index is 1.73. The van der Waals surface area contributed by atoms with Crippen LogP contribution in [0.5, 0.6) is 0 Å². The zero-order valence-corrected chi connectivity index (χ0v) is 15.1.